The third kappa shape index (κ3) is 3.35. The summed E-state index contributed by atoms with van der Waals surface area (Å²) in [7, 11) is -1.99. The first kappa shape index (κ1) is 21.2. The molecule has 4 aliphatic carbocycles. The molecule has 1 N–H and O–H groups in total. The summed E-state index contributed by atoms with van der Waals surface area (Å²) in [6.45, 7) is 9.95. The lowest BCUT2D eigenvalue weighted by Crippen LogP contribution is -2.60. The molecule has 0 spiro atoms. The standard InChI is InChI=1S/C27H42O2Si/c1-26-14-8-11-22(26)21-18-25(29-30(3,4)20-9-6-5-7-10-20)24-17-19(28)12-16-27(24,2)23(21)13-15-26/h5-7,9-10,19,21-25,28H,8,11-18H2,1-4H3/t19-,21+,22+,23+,24+,25-,26+,27-/m1/s1. The number of aliphatic hydroxyl groups is 1. The maximum absolute atomic E-state index is 10.6. The van der Waals surface area contributed by atoms with E-state index in [2.05, 4.69) is 57.3 Å². The van der Waals surface area contributed by atoms with Gasteiger partial charge in [0, 0.05) is 6.10 Å². The Balaban J connectivity index is 1.48. The molecule has 0 amide bonds. The van der Waals surface area contributed by atoms with Crippen molar-refractivity contribution in [1.29, 1.82) is 0 Å². The fraction of sp³-hybridized carbons (Fsp3) is 0.778. The highest BCUT2D eigenvalue weighted by atomic mass is 28.4. The molecule has 8 atom stereocenters. The molecule has 30 heavy (non-hydrogen) atoms. The predicted octanol–water partition coefficient (Wildman–Crippen LogP) is 5.89. The van der Waals surface area contributed by atoms with Crippen LogP contribution in [-0.2, 0) is 4.43 Å². The zero-order valence-electron chi connectivity index (χ0n) is 19.6. The van der Waals surface area contributed by atoms with Gasteiger partial charge in [-0.25, -0.2) is 0 Å². The van der Waals surface area contributed by atoms with Gasteiger partial charge in [0.05, 0.1) is 6.10 Å². The van der Waals surface area contributed by atoms with Crippen molar-refractivity contribution in [3.05, 3.63) is 30.3 Å². The monoisotopic (exact) mass is 426 g/mol. The Morgan fingerprint density at radius 3 is 2.43 bits per heavy atom. The Kier molecular flexibility index (Phi) is 5.27. The molecule has 0 radical (unpaired) electrons. The SMILES string of the molecule is C[C@@]12CCC[C@H]1[C@@H]1C[C@@H](O[Si](C)(C)c3ccccc3)[C@@H]3C[C@H](O)CC[C@]3(C)[C@H]1CC2. The second kappa shape index (κ2) is 7.45. The van der Waals surface area contributed by atoms with Crippen LogP contribution in [0.1, 0.15) is 71.6 Å². The highest BCUT2D eigenvalue weighted by molar-refractivity contribution is 6.84. The number of benzene rings is 1. The van der Waals surface area contributed by atoms with E-state index < -0.39 is 8.32 Å². The van der Waals surface area contributed by atoms with E-state index in [1.165, 1.54) is 50.1 Å². The Bertz CT molecular complexity index is 763. The highest BCUT2D eigenvalue weighted by Gasteiger charge is 2.61. The molecule has 0 bridgehead atoms. The van der Waals surface area contributed by atoms with Crippen molar-refractivity contribution >= 4 is 13.5 Å². The normalized spacial score (nSPS) is 46.0. The van der Waals surface area contributed by atoms with Crippen LogP contribution in [0, 0.1) is 34.5 Å². The van der Waals surface area contributed by atoms with E-state index in [-0.39, 0.29) is 6.10 Å². The van der Waals surface area contributed by atoms with Gasteiger partial charge in [-0.3, -0.25) is 0 Å². The Morgan fingerprint density at radius 1 is 0.900 bits per heavy atom. The van der Waals surface area contributed by atoms with E-state index in [9.17, 15) is 5.11 Å². The van der Waals surface area contributed by atoms with Crippen LogP contribution in [-0.4, -0.2) is 25.6 Å². The van der Waals surface area contributed by atoms with Crippen molar-refractivity contribution in [3.8, 4) is 0 Å². The van der Waals surface area contributed by atoms with Crippen molar-refractivity contribution < 1.29 is 9.53 Å². The lowest BCUT2D eigenvalue weighted by molar-refractivity contribution is -0.162. The second-order valence-electron chi connectivity index (χ2n) is 12.3. The number of hydrogen-bond donors (Lipinski definition) is 1. The summed E-state index contributed by atoms with van der Waals surface area (Å²) in [5, 5.41) is 12.0. The fourth-order valence-electron chi connectivity index (χ4n) is 8.66. The zero-order chi connectivity index (χ0) is 21.1. The van der Waals surface area contributed by atoms with Gasteiger partial charge in [-0.1, -0.05) is 50.6 Å². The minimum absolute atomic E-state index is 0.132. The highest BCUT2D eigenvalue weighted by Crippen LogP contribution is 2.66. The van der Waals surface area contributed by atoms with Gasteiger partial charge < -0.3 is 9.53 Å². The quantitative estimate of drug-likeness (QED) is 0.611. The first-order valence-corrected chi connectivity index (χ1v) is 15.6. The molecular formula is C27H42O2Si. The molecule has 4 aliphatic rings. The minimum Gasteiger partial charge on any atom is -0.410 e. The van der Waals surface area contributed by atoms with E-state index in [4.69, 9.17) is 4.43 Å². The van der Waals surface area contributed by atoms with Gasteiger partial charge in [0.25, 0.3) is 0 Å². The lowest BCUT2D eigenvalue weighted by atomic mass is 9.44. The number of fused-ring (bicyclic) bond motifs is 5. The molecule has 1 aromatic rings. The molecule has 0 aliphatic heterocycles. The average molecular weight is 427 g/mol. The van der Waals surface area contributed by atoms with E-state index in [1.807, 2.05) is 0 Å². The Labute approximate surface area is 184 Å². The van der Waals surface area contributed by atoms with Gasteiger partial charge >= 0.3 is 0 Å². The van der Waals surface area contributed by atoms with E-state index in [1.54, 1.807) is 0 Å². The second-order valence-corrected chi connectivity index (χ2v) is 16.1. The van der Waals surface area contributed by atoms with Crippen molar-refractivity contribution in [3.63, 3.8) is 0 Å². The summed E-state index contributed by atoms with van der Waals surface area (Å²) >= 11 is 0. The molecule has 3 heteroatoms. The summed E-state index contributed by atoms with van der Waals surface area (Å²) in [6.07, 6.45) is 11.7. The first-order valence-electron chi connectivity index (χ1n) is 12.6. The van der Waals surface area contributed by atoms with E-state index in [0.29, 0.717) is 22.9 Å². The fourth-order valence-corrected chi connectivity index (χ4v) is 10.8. The van der Waals surface area contributed by atoms with E-state index >= 15 is 0 Å². The smallest absolute Gasteiger partial charge is 0.218 e. The van der Waals surface area contributed by atoms with Crippen molar-refractivity contribution in [2.24, 2.45) is 34.5 Å². The number of hydrogen-bond acceptors (Lipinski definition) is 2. The summed E-state index contributed by atoms with van der Waals surface area (Å²) in [5.41, 5.74) is 0.924. The molecule has 1 aromatic carbocycles. The Morgan fingerprint density at radius 2 is 1.67 bits per heavy atom. The predicted molar refractivity (Wildman–Crippen MR) is 126 cm³/mol. The number of rotatable bonds is 3. The van der Waals surface area contributed by atoms with Gasteiger partial charge in [0.1, 0.15) is 0 Å². The van der Waals surface area contributed by atoms with Crippen LogP contribution in [0.4, 0.5) is 0 Å². The van der Waals surface area contributed by atoms with Gasteiger partial charge in [-0.15, -0.1) is 0 Å². The van der Waals surface area contributed by atoms with Gasteiger partial charge in [0.15, 0.2) is 0 Å². The third-order valence-electron chi connectivity index (χ3n) is 10.3. The van der Waals surface area contributed by atoms with Gasteiger partial charge in [0.2, 0.25) is 8.32 Å². The molecule has 0 saturated heterocycles. The maximum atomic E-state index is 10.6. The molecular weight excluding hydrogens is 384 g/mol. The average Bonchev–Trinajstić information content (AvgIpc) is 3.12. The largest absolute Gasteiger partial charge is 0.410 e. The van der Waals surface area contributed by atoms with Crippen LogP contribution in [0.25, 0.3) is 0 Å². The van der Waals surface area contributed by atoms with Crippen molar-refractivity contribution in [2.45, 2.75) is 96.9 Å². The molecule has 166 valence electrons. The molecule has 4 fully saturated rings. The molecule has 5 rings (SSSR count). The minimum atomic E-state index is -1.99. The lowest BCUT2D eigenvalue weighted by Gasteiger charge is -2.63. The first-order chi connectivity index (χ1) is 14.2. The Hall–Kier alpha value is -0.643. The molecule has 0 aromatic heterocycles. The number of aliphatic hydroxyl groups excluding tert-OH is 1. The van der Waals surface area contributed by atoms with Crippen LogP contribution < -0.4 is 5.19 Å². The third-order valence-corrected chi connectivity index (χ3v) is 12.9. The summed E-state index contributed by atoms with van der Waals surface area (Å²) in [4.78, 5) is 0. The zero-order valence-corrected chi connectivity index (χ0v) is 20.6. The van der Waals surface area contributed by atoms with Gasteiger partial charge in [-0.05, 0) is 104 Å². The van der Waals surface area contributed by atoms with Crippen LogP contribution in [0.5, 0.6) is 0 Å². The maximum Gasteiger partial charge on any atom is 0.218 e. The molecule has 2 nitrogen and oxygen atoms in total. The molecule has 0 heterocycles. The van der Waals surface area contributed by atoms with E-state index in [0.717, 1.165) is 30.6 Å². The van der Waals surface area contributed by atoms with Crippen LogP contribution in [0.15, 0.2) is 30.3 Å². The van der Waals surface area contributed by atoms with Crippen LogP contribution in [0.2, 0.25) is 13.1 Å². The summed E-state index contributed by atoms with van der Waals surface area (Å²) < 4.78 is 7.21. The molecule has 4 saturated carbocycles. The van der Waals surface area contributed by atoms with Crippen molar-refractivity contribution in [2.75, 3.05) is 0 Å². The topological polar surface area (TPSA) is 29.5 Å². The van der Waals surface area contributed by atoms with Crippen LogP contribution in [0.3, 0.4) is 0 Å². The summed E-state index contributed by atoms with van der Waals surface area (Å²) in [6, 6.07) is 11.0. The molecule has 0 unspecified atom stereocenters. The summed E-state index contributed by atoms with van der Waals surface area (Å²) in [5.74, 6) is 3.08. The van der Waals surface area contributed by atoms with Crippen molar-refractivity contribution in [1.82, 2.24) is 0 Å². The van der Waals surface area contributed by atoms with Crippen LogP contribution >= 0.6 is 0 Å². The van der Waals surface area contributed by atoms with Gasteiger partial charge in [-0.2, -0.15) is 0 Å².